The third-order valence-electron chi connectivity index (χ3n) is 5.50. The molecule has 5 heteroatoms. The average molecular weight is 309 g/mol. The Kier molecular flexibility index (Phi) is 5.37. The summed E-state index contributed by atoms with van der Waals surface area (Å²) < 4.78 is 5.46. The molecule has 3 rings (SSSR count). The normalized spacial score (nSPS) is 29.2. The molecule has 3 aliphatic rings. The lowest BCUT2D eigenvalue weighted by Crippen LogP contribution is -2.48. The summed E-state index contributed by atoms with van der Waals surface area (Å²) in [5.74, 6) is 0.654. The molecule has 5 nitrogen and oxygen atoms in total. The molecule has 1 N–H and O–H groups in total. The molecule has 0 aromatic heterocycles. The molecule has 2 aliphatic heterocycles. The van der Waals surface area contributed by atoms with Gasteiger partial charge in [-0.15, -0.1) is 0 Å². The van der Waals surface area contributed by atoms with Crippen molar-refractivity contribution in [1.82, 2.24) is 15.1 Å². The lowest BCUT2D eigenvalue weighted by molar-refractivity contribution is -0.123. The molecule has 0 unspecified atom stereocenters. The summed E-state index contributed by atoms with van der Waals surface area (Å²) in [4.78, 5) is 17.1. The van der Waals surface area contributed by atoms with Gasteiger partial charge in [0.15, 0.2) is 0 Å². The highest BCUT2D eigenvalue weighted by atomic mass is 16.5. The second kappa shape index (κ2) is 7.28. The Morgan fingerprint density at radius 3 is 2.68 bits per heavy atom. The molecule has 3 fully saturated rings. The van der Waals surface area contributed by atoms with E-state index in [4.69, 9.17) is 4.74 Å². The van der Waals surface area contributed by atoms with Gasteiger partial charge in [-0.2, -0.15) is 0 Å². The third kappa shape index (κ3) is 4.67. The Morgan fingerprint density at radius 2 is 2.05 bits per heavy atom. The summed E-state index contributed by atoms with van der Waals surface area (Å²) in [7, 11) is 2.19. The Hall–Kier alpha value is -0.650. The fraction of sp³-hybridized carbons (Fsp3) is 0.941. The van der Waals surface area contributed by atoms with Gasteiger partial charge in [0.25, 0.3) is 0 Å². The van der Waals surface area contributed by atoms with Crippen LogP contribution in [0.25, 0.3) is 0 Å². The van der Waals surface area contributed by atoms with Gasteiger partial charge in [-0.25, -0.2) is 0 Å². The van der Waals surface area contributed by atoms with Crippen LogP contribution in [0.4, 0.5) is 0 Å². The molecule has 126 valence electrons. The highest BCUT2D eigenvalue weighted by molar-refractivity contribution is 5.76. The molecule has 0 aromatic rings. The van der Waals surface area contributed by atoms with Crippen molar-refractivity contribution in [3.8, 4) is 0 Å². The maximum atomic E-state index is 12.1. The van der Waals surface area contributed by atoms with Crippen molar-refractivity contribution in [1.29, 1.82) is 0 Å². The van der Waals surface area contributed by atoms with Crippen molar-refractivity contribution in [3.05, 3.63) is 0 Å². The van der Waals surface area contributed by atoms with Crippen LogP contribution in [0, 0.1) is 11.3 Å². The van der Waals surface area contributed by atoms with E-state index < -0.39 is 0 Å². The first-order valence-electron chi connectivity index (χ1n) is 8.91. The fourth-order valence-electron chi connectivity index (χ4n) is 3.64. The molecule has 0 radical (unpaired) electrons. The van der Waals surface area contributed by atoms with E-state index >= 15 is 0 Å². The van der Waals surface area contributed by atoms with Gasteiger partial charge in [-0.1, -0.05) is 0 Å². The molecule has 1 aliphatic carbocycles. The van der Waals surface area contributed by atoms with E-state index in [0.717, 1.165) is 39.1 Å². The average Bonchev–Trinajstić information content (AvgIpc) is 3.29. The van der Waals surface area contributed by atoms with Crippen LogP contribution >= 0.6 is 0 Å². The van der Waals surface area contributed by atoms with E-state index in [2.05, 4.69) is 22.2 Å². The van der Waals surface area contributed by atoms with Crippen LogP contribution < -0.4 is 5.32 Å². The summed E-state index contributed by atoms with van der Waals surface area (Å²) >= 11 is 0. The SMILES string of the molecule is CN1CCN(CC2(CNC(=O)C[C@H]3CCCOC3)CC2)CC1. The monoisotopic (exact) mass is 309 g/mol. The van der Waals surface area contributed by atoms with Crippen LogP contribution in [-0.4, -0.2) is 75.2 Å². The molecule has 2 heterocycles. The van der Waals surface area contributed by atoms with Crippen LogP contribution in [-0.2, 0) is 9.53 Å². The Balaban J connectivity index is 1.36. The van der Waals surface area contributed by atoms with E-state index in [9.17, 15) is 4.79 Å². The van der Waals surface area contributed by atoms with Gasteiger partial charge in [0.2, 0.25) is 5.91 Å². The van der Waals surface area contributed by atoms with Gasteiger partial charge >= 0.3 is 0 Å². The predicted octanol–water partition coefficient (Wildman–Crippen LogP) is 0.947. The number of carbonyl (C=O) groups is 1. The minimum Gasteiger partial charge on any atom is -0.381 e. The van der Waals surface area contributed by atoms with Crippen molar-refractivity contribution in [2.45, 2.75) is 32.1 Å². The number of likely N-dealkylation sites (N-methyl/N-ethyl adjacent to an activating group) is 1. The zero-order valence-corrected chi connectivity index (χ0v) is 14.0. The molecule has 22 heavy (non-hydrogen) atoms. The van der Waals surface area contributed by atoms with Crippen molar-refractivity contribution in [2.24, 2.45) is 11.3 Å². The molecule has 1 amide bonds. The molecule has 1 atom stereocenters. The maximum Gasteiger partial charge on any atom is 0.220 e. The van der Waals surface area contributed by atoms with Crippen LogP contribution in [0.3, 0.4) is 0 Å². The number of carbonyl (C=O) groups excluding carboxylic acids is 1. The number of rotatable bonds is 6. The number of hydrogen-bond acceptors (Lipinski definition) is 4. The first-order valence-corrected chi connectivity index (χ1v) is 8.91. The van der Waals surface area contributed by atoms with Gasteiger partial charge in [0.1, 0.15) is 0 Å². The Morgan fingerprint density at radius 1 is 1.27 bits per heavy atom. The van der Waals surface area contributed by atoms with E-state index in [1.807, 2.05) is 0 Å². The molecular formula is C17H31N3O2. The van der Waals surface area contributed by atoms with Crippen LogP contribution in [0.5, 0.6) is 0 Å². The zero-order valence-electron chi connectivity index (χ0n) is 14.0. The molecule has 2 saturated heterocycles. The lowest BCUT2D eigenvalue weighted by Gasteiger charge is -2.35. The van der Waals surface area contributed by atoms with E-state index in [1.165, 1.54) is 39.0 Å². The summed E-state index contributed by atoms with van der Waals surface area (Å²) in [6, 6.07) is 0. The second-order valence-corrected chi connectivity index (χ2v) is 7.64. The van der Waals surface area contributed by atoms with Crippen LogP contribution in [0.1, 0.15) is 32.1 Å². The van der Waals surface area contributed by atoms with Gasteiger partial charge < -0.3 is 19.9 Å². The smallest absolute Gasteiger partial charge is 0.220 e. The Bertz CT molecular complexity index is 370. The standard InChI is InChI=1S/C17H31N3O2/c1-19-6-8-20(9-7-19)14-17(4-5-17)13-18-16(21)11-15-3-2-10-22-12-15/h15H,2-14H2,1H3,(H,18,21)/t15-/m1/s1. The molecule has 0 aromatic carbocycles. The summed E-state index contributed by atoms with van der Waals surface area (Å²) in [5.41, 5.74) is 0.370. The van der Waals surface area contributed by atoms with E-state index in [0.29, 0.717) is 17.8 Å². The summed E-state index contributed by atoms with van der Waals surface area (Å²) in [5, 5.41) is 3.20. The number of nitrogens with zero attached hydrogens (tertiary/aromatic N) is 2. The maximum absolute atomic E-state index is 12.1. The van der Waals surface area contributed by atoms with Gasteiger partial charge in [-0.3, -0.25) is 4.79 Å². The van der Waals surface area contributed by atoms with Crippen molar-refractivity contribution >= 4 is 5.91 Å². The predicted molar refractivity (Wildman–Crippen MR) is 86.8 cm³/mol. The van der Waals surface area contributed by atoms with Crippen molar-refractivity contribution in [3.63, 3.8) is 0 Å². The number of piperazine rings is 1. The minimum absolute atomic E-state index is 0.222. The zero-order chi connectivity index (χ0) is 15.4. The lowest BCUT2D eigenvalue weighted by atomic mass is 9.98. The first kappa shape index (κ1) is 16.2. The van der Waals surface area contributed by atoms with Gasteiger partial charge in [0.05, 0.1) is 0 Å². The molecular weight excluding hydrogens is 278 g/mol. The highest BCUT2D eigenvalue weighted by Gasteiger charge is 2.44. The van der Waals surface area contributed by atoms with Crippen molar-refractivity contribution in [2.75, 3.05) is 59.5 Å². The number of ether oxygens (including phenoxy) is 1. The first-order chi connectivity index (χ1) is 10.7. The third-order valence-corrected chi connectivity index (χ3v) is 5.50. The number of hydrogen-bond donors (Lipinski definition) is 1. The topological polar surface area (TPSA) is 44.8 Å². The molecule has 0 spiro atoms. The summed E-state index contributed by atoms with van der Waals surface area (Å²) in [6.45, 7) is 8.34. The number of amides is 1. The Labute approximate surface area is 134 Å². The number of nitrogens with one attached hydrogen (secondary N) is 1. The van der Waals surface area contributed by atoms with E-state index in [1.54, 1.807) is 0 Å². The second-order valence-electron chi connectivity index (χ2n) is 7.64. The fourth-order valence-corrected chi connectivity index (χ4v) is 3.64. The highest BCUT2D eigenvalue weighted by Crippen LogP contribution is 2.45. The molecule has 0 bridgehead atoms. The van der Waals surface area contributed by atoms with Crippen molar-refractivity contribution < 1.29 is 9.53 Å². The van der Waals surface area contributed by atoms with Crippen LogP contribution in [0.2, 0.25) is 0 Å². The minimum atomic E-state index is 0.222. The summed E-state index contributed by atoms with van der Waals surface area (Å²) in [6.07, 6.45) is 5.42. The van der Waals surface area contributed by atoms with Gasteiger partial charge in [0, 0.05) is 64.3 Å². The van der Waals surface area contributed by atoms with Gasteiger partial charge in [-0.05, 0) is 38.6 Å². The van der Waals surface area contributed by atoms with E-state index in [-0.39, 0.29) is 5.91 Å². The largest absolute Gasteiger partial charge is 0.381 e. The van der Waals surface area contributed by atoms with Crippen LogP contribution in [0.15, 0.2) is 0 Å². The quantitative estimate of drug-likeness (QED) is 0.793. The molecule has 1 saturated carbocycles.